The molecule has 0 bridgehead atoms. The molecule has 0 fully saturated rings. The first-order valence-electron chi connectivity index (χ1n) is 5.91. The van der Waals surface area contributed by atoms with E-state index in [9.17, 15) is 18.3 Å². The van der Waals surface area contributed by atoms with E-state index >= 15 is 0 Å². The summed E-state index contributed by atoms with van der Waals surface area (Å²) in [5.41, 5.74) is -0.240. The lowest BCUT2D eigenvalue weighted by Crippen LogP contribution is -2.07. The summed E-state index contributed by atoms with van der Waals surface area (Å²) in [5.74, 6) is -2.44. The van der Waals surface area contributed by atoms with Crippen molar-refractivity contribution in [1.82, 2.24) is 0 Å². The molecule has 2 aromatic rings. The summed E-state index contributed by atoms with van der Waals surface area (Å²) in [7, 11) is 1.30. The SMILES string of the molecule is COc1ccc(C(O)c2c(F)ccc(C)c2F)cc1F. The van der Waals surface area contributed by atoms with Gasteiger partial charge in [0.15, 0.2) is 11.6 Å². The van der Waals surface area contributed by atoms with Gasteiger partial charge in [0.2, 0.25) is 0 Å². The second-order valence-electron chi connectivity index (χ2n) is 4.39. The van der Waals surface area contributed by atoms with Crippen LogP contribution in [-0.4, -0.2) is 12.2 Å². The molecule has 0 aromatic heterocycles. The average Bonchev–Trinajstić information content (AvgIpc) is 2.43. The van der Waals surface area contributed by atoms with Crippen LogP contribution in [0.15, 0.2) is 30.3 Å². The van der Waals surface area contributed by atoms with Gasteiger partial charge in [-0.2, -0.15) is 0 Å². The molecule has 2 nitrogen and oxygen atoms in total. The number of ether oxygens (including phenoxy) is 1. The minimum absolute atomic E-state index is 0.00821. The standard InChI is InChI=1S/C15H13F3O2/c1-8-3-5-10(16)13(14(8)18)15(19)9-4-6-12(20-2)11(17)7-9/h3-7,15,19H,1-2H3. The largest absolute Gasteiger partial charge is 0.494 e. The summed E-state index contributed by atoms with van der Waals surface area (Å²) < 4.78 is 46.0. The molecule has 0 saturated carbocycles. The molecular weight excluding hydrogens is 269 g/mol. The smallest absolute Gasteiger partial charge is 0.165 e. The zero-order valence-corrected chi connectivity index (χ0v) is 11.0. The minimum Gasteiger partial charge on any atom is -0.494 e. The van der Waals surface area contributed by atoms with Gasteiger partial charge in [-0.1, -0.05) is 12.1 Å². The lowest BCUT2D eigenvalue weighted by Gasteiger charge is -2.15. The van der Waals surface area contributed by atoms with Gasteiger partial charge < -0.3 is 9.84 Å². The van der Waals surface area contributed by atoms with E-state index in [-0.39, 0.29) is 16.9 Å². The number of aliphatic hydroxyl groups excluding tert-OH is 1. The summed E-state index contributed by atoms with van der Waals surface area (Å²) in [4.78, 5) is 0. The second kappa shape index (κ2) is 5.54. The molecular formula is C15H13F3O2. The van der Waals surface area contributed by atoms with Crippen molar-refractivity contribution >= 4 is 0 Å². The van der Waals surface area contributed by atoms with E-state index in [0.29, 0.717) is 0 Å². The van der Waals surface area contributed by atoms with Crippen molar-refractivity contribution in [1.29, 1.82) is 0 Å². The highest BCUT2D eigenvalue weighted by Crippen LogP contribution is 2.30. The molecule has 5 heteroatoms. The zero-order valence-electron chi connectivity index (χ0n) is 11.0. The lowest BCUT2D eigenvalue weighted by atomic mass is 9.98. The molecule has 20 heavy (non-hydrogen) atoms. The fraction of sp³-hybridized carbons (Fsp3) is 0.200. The van der Waals surface area contributed by atoms with Crippen LogP contribution in [0, 0.1) is 24.4 Å². The number of methoxy groups -OCH3 is 1. The van der Waals surface area contributed by atoms with Crippen LogP contribution >= 0.6 is 0 Å². The van der Waals surface area contributed by atoms with Crippen LogP contribution in [-0.2, 0) is 0 Å². The zero-order chi connectivity index (χ0) is 14.9. The molecule has 1 N–H and O–H groups in total. The van der Waals surface area contributed by atoms with Crippen molar-refractivity contribution in [2.45, 2.75) is 13.0 Å². The van der Waals surface area contributed by atoms with Crippen LogP contribution < -0.4 is 4.74 Å². The van der Waals surface area contributed by atoms with Gasteiger partial charge in [0.1, 0.15) is 17.7 Å². The summed E-state index contributed by atoms with van der Waals surface area (Å²) in [6.45, 7) is 1.46. The third kappa shape index (κ3) is 2.49. The van der Waals surface area contributed by atoms with Gasteiger partial charge in [-0.25, -0.2) is 13.2 Å². The van der Waals surface area contributed by atoms with E-state index in [1.54, 1.807) is 0 Å². The Morgan fingerprint density at radius 2 is 1.75 bits per heavy atom. The Morgan fingerprint density at radius 3 is 2.35 bits per heavy atom. The number of rotatable bonds is 3. The van der Waals surface area contributed by atoms with E-state index < -0.39 is 29.1 Å². The lowest BCUT2D eigenvalue weighted by molar-refractivity contribution is 0.208. The number of aliphatic hydroxyl groups is 1. The molecule has 0 radical (unpaired) electrons. The Kier molecular flexibility index (Phi) is 3.99. The van der Waals surface area contributed by atoms with Gasteiger partial charge >= 0.3 is 0 Å². The highest BCUT2D eigenvalue weighted by molar-refractivity contribution is 5.37. The van der Waals surface area contributed by atoms with Crippen molar-refractivity contribution in [3.05, 3.63) is 64.5 Å². The van der Waals surface area contributed by atoms with Crippen LogP contribution in [0.1, 0.15) is 22.8 Å². The molecule has 2 aromatic carbocycles. The van der Waals surface area contributed by atoms with Crippen molar-refractivity contribution in [2.24, 2.45) is 0 Å². The fourth-order valence-corrected chi connectivity index (χ4v) is 1.95. The van der Waals surface area contributed by atoms with Gasteiger partial charge in [0.25, 0.3) is 0 Å². The predicted octanol–water partition coefficient (Wildman–Crippen LogP) is 3.50. The molecule has 0 spiro atoms. The average molecular weight is 282 g/mol. The Hall–Kier alpha value is -2.01. The van der Waals surface area contributed by atoms with Gasteiger partial charge in [-0.3, -0.25) is 0 Å². The first-order chi connectivity index (χ1) is 9.45. The Labute approximate surface area is 114 Å². The van der Waals surface area contributed by atoms with Gasteiger partial charge in [-0.15, -0.1) is 0 Å². The van der Waals surface area contributed by atoms with E-state index in [4.69, 9.17) is 4.74 Å². The van der Waals surface area contributed by atoms with Gasteiger partial charge in [0, 0.05) is 0 Å². The highest BCUT2D eigenvalue weighted by atomic mass is 19.1. The van der Waals surface area contributed by atoms with Crippen LogP contribution in [0.3, 0.4) is 0 Å². The summed E-state index contributed by atoms with van der Waals surface area (Å²) in [6.07, 6.45) is -1.59. The van der Waals surface area contributed by atoms with Crippen LogP contribution in [0.4, 0.5) is 13.2 Å². The van der Waals surface area contributed by atoms with Crippen molar-refractivity contribution in [2.75, 3.05) is 7.11 Å². The molecule has 0 aliphatic rings. The third-order valence-electron chi connectivity index (χ3n) is 3.08. The second-order valence-corrected chi connectivity index (χ2v) is 4.39. The maximum absolute atomic E-state index is 13.9. The van der Waals surface area contributed by atoms with Crippen LogP contribution in [0.2, 0.25) is 0 Å². The third-order valence-corrected chi connectivity index (χ3v) is 3.08. The van der Waals surface area contributed by atoms with Gasteiger partial charge in [0.05, 0.1) is 12.7 Å². The summed E-state index contributed by atoms with van der Waals surface area (Å²) >= 11 is 0. The first kappa shape index (κ1) is 14.4. The fourth-order valence-electron chi connectivity index (χ4n) is 1.95. The predicted molar refractivity (Wildman–Crippen MR) is 68.1 cm³/mol. The number of hydrogen-bond acceptors (Lipinski definition) is 2. The maximum Gasteiger partial charge on any atom is 0.165 e. The molecule has 1 atom stereocenters. The number of halogens is 3. The molecule has 1 unspecified atom stereocenters. The van der Waals surface area contributed by atoms with Crippen LogP contribution in [0.5, 0.6) is 5.75 Å². The monoisotopic (exact) mass is 282 g/mol. The number of aryl methyl sites for hydroxylation is 1. The van der Waals surface area contributed by atoms with Crippen molar-refractivity contribution in [3.63, 3.8) is 0 Å². The molecule has 0 heterocycles. The van der Waals surface area contributed by atoms with E-state index in [1.807, 2.05) is 0 Å². The number of benzene rings is 2. The molecule has 0 saturated heterocycles. The Morgan fingerprint density at radius 1 is 1.05 bits per heavy atom. The van der Waals surface area contributed by atoms with Crippen LogP contribution in [0.25, 0.3) is 0 Å². The summed E-state index contributed by atoms with van der Waals surface area (Å²) in [5, 5.41) is 10.1. The quantitative estimate of drug-likeness (QED) is 0.933. The molecule has 2 rings (SSSR count). The normalized spacial score (nSPS) is 12.3. The highest BCUT2D eigenvalue weighted by Gasteiger charge is 2.22. The van der Waals surface area contributed by atoms with Crippen molar-refractivity contribution in [3.8, 4) is 5.75 Å². The van der Waals surface area contributed by atoms with E-state index in [1.165, 1.54) is 32.2 Å². The number of hydrogen-bond donors (Lipinski definition) is 1. The molecule has 0 aliphatic carbocycles. The minimum atomic E-state index is -1.59. The molecule has 0 amide bonds. The van der Waals surface area contributed by atoms with Gasteiger partial charge in [-0.05, 0) is 36.2 Å². The molecule has 106 valence electrons. The maximum atomic E-state index is 13.9. The summed E-state index contributed by atoms with van der Waals surface area (Å²) in [6, 6.07) is 5.98. The van der Waals surface area contributed by atoms with E-state index in [2.05, 4.69) is 0 Å². The van der Waals surface area contributed by atoms with Crippen molar-refractivity contribution < 1.29 is 23.0 Å². The topological polar surface area (TPSA) is 29.5 Å². The Bertz CT molecular complexity index is 641. The van der Waals surface area contributed by atoms with E-state index in [0.717, 1.165) is 12.1 Å². The Balaban J connectivity index is 2.49. The molecule has 0 aliphatic heterocycles. The first-order valence-corrected chi connectivity index (χ1v) is 5.91.